The molecule has 0 spiro atoms. The minimum absolute atomic E-state index is 0.347. The Morgan fingerprint density at radius 3 is 2.82 bits per heavy atom. The van der Waals surface area contributed by atoms with Crippen molar-refractivity contribution >= 4 is 22.6 Å². The maximum absolute atomic E-state index is 13.3. The molecule has 17 heavy (non-hydrogen) atoms. The smallest absolute Gasteiger partial charge is 0.183 e. The van der Waals surface area contributed by atoms with Gasteiger partial charge in [-0.25, -0.2) is 9.38 Å². The van der Waals surface area contributed by atoms with Crippen molar-refractivity contribution in [1.29, 1.82) is 5.26 Å². The highest BCUT2D eigenvalue weighted by atomic mass is 32.2. The molecule has 0 saturated carbocycles. The number of hydrogen-bond acceptors (Lipinski definition) is 4. The molecule has 0 aliphatic heterocycles. The van der Waals surface area contributed by atoms with Crippen molar-refractivity contribution in [3.8, 4) is 11.9 Å². The minimum atomic E-state index is -0.347. The second-order valence-corrected chi connectivity index (χ2v) is 3.88. The van der Waals surface area contributed by atoms with Crippen molar-refractivity contribution in [2.45, 2.75) is 6.92 Å². The van der Waals surface area contributed by atoms with Crippen LogP contribution in [0.1, 0.15) is 5.56 Å². The third-order valence-corrected chi connectivity index (χ3v) is 2.68. The van der Waals surface area contributed by atoms with E-state index in [0.29, 0.717) is 22.2 Å². The highest BCUT2D eigenvalue weighted by Crippen LogP contribution is 2.32. The Labute approximate surface area is 103 Å². The number of nitriles is 1. The average Bonchev–Trinajstić information content (AvgIpc) is 2.33. The number of nitrogens with zero attached hydrogens (tertiary/aromatic N) is 2. The minimum Gasteiger partial charge on any atom is -0.494 e. The van der Waals surface area contributed by atoms with Crippen molar-refractivity contribution < 1.29 is 9.13 Å². The molecule has 0 aromatic heterocycles. The fraction of sp³-hybridized carbons (Fsp3) is 0.273. The average molecular weight is 253 g/mol. The summed E-state index contributed by atoms with van der Waals surface area (Å²) in [5.74, 6) is 0.0241. The van der Waals surface area contributed by atoms with Gasteiger partial charge < -0.3 is 4.74 Å². The van der Waals surface area contributed by atoms with E-state index in [1.165, 1.54) is 31.0 Å². The van der Waals surface area contributed by atoms with Crippen LogP contribution in [0.2, 0.25) is 0 Å². The van der Waals surface area contributed by atoms with Crippen LogP contribution in [0.15, 0.2) is 17.1 Å². The van der Waals surface area contributed by atoms with Gasteiger partial charge in [0.15, 0.2) is 11.4 Å². The van der Waals surface area contributed by atoms with E-state index in [1.54, 1.807) is 19.4 Å². The highest BCUT2D eigenvalue weighted by Gasteiger charge is 2.10. The Hall–Kier alpha value is -1.74. The van der Waals surface area contributed by atoms with E-state index in [4.69, 9.17) is 10.00 Å². The SMILES string of the molecule is COc1c(N=C(NC#N)SC)ccc(F)c1C. The number of halogens is 1. The van der Waals surface area contributed by atoms with Gasteiger partial charge in [0.2, 0.25) is 0 Å². The van der Waals surface area contributed by atoms with Crippen LogP contribution in [0, 0.1) is 24.2 Å². The number of benzene rings is 1. The van der Waals surface area contributed by atoms with Crippen molar-refractivity contribution in [1.82, 2.24) is 5.32 Å². The van der Waals surface area contributed by atoms with Gasteiger partial charge in [0.05, 0.1) is 7.11 Å². The zero-order valence-corrected chi connectivity index (χ0v) is 10.6. The number of rotatable bonds is 2. The molecule has 1 aromatic rings. The summed E-state index contributed by atoms with van der Waals surface area (Å²) in [4.78, 5) is 4.19. The first-order chi connectivity index (χ1) is 8.13. The number of methoxy groups -OCH3 is 1. The molecule has 1 rings (SSSR count). The standard InChI is InChI=1S/C11H12FN3OS/c1-7-8(12)4-5-9(10(7)16-2)15-11(17-3)14-6-13/h4-5H,1-3H3,(H,14,15). The molecular weight excluding hydrogens is 241 g/mol. The lowest BCUT2D eigenvalue weighted by Crippen LogP contribution is -2.12. The molecule has 1 N–H and O–H groups in total. The van der Waals surface area contributed by atoms with E-state index in [1.807, 2.05) is 0 Å². The molecule has 90 valence electrons. The predicted octanol–water partition coefficient (Wildman–Crippen LogP) is 2.56. The topological polar surface area (TPSA) is 57.4 Å². The lowest BCUT2D eigenvalue weighted by molar-refractivity contribution is 0.408. The summed E-state index contributed by atoms with van der Waals surface area (Å²) in [6.07, 6.45) is 3.57. The van der Waals surface area contributed by atoms with Crippen molar-refractivity contribution in [2.24, 2.45) is 4.99 Å². The van der Waals surface area contributed by atoms with Gasteiger partial charge in [0.1, 0.15) is 17.3 Å². The van der Waals surface area contributed by atoms with Crippen molar-refractivity contribution in [3.05, 3.63) is 23.5 Å². The number of amidine groups is 1. The van der Waals surface area contributed by atoms with Gasteiger partial charge >= 0.3 is 0 Å². The molecule has 0 radical (unpaired) electrons. The van der Waals surface area contributed by atoms with E-state index in [2.05, 4.69) is 10.3 Å². The summed E-state index contributed by atoms with van der Waals surface area (Å²) in [6.45, 7) is 1.61. The quantitative estimate of drug-likeness (QED) is 0.381. The molecule has 1 aromatic carbocycles. The van der Waals surface area contributed by atoms with Crippen molar-refractivity contribution in [2.75, 3.05) is 13.4 Å². The lowest BCUT2D eigenvalue weighted by atomic mass is 10.2. The molecule has 4 nitrogen and oxygen atoms in total. The van der Waals surface area contributed by atoms with E-state index >= 15 is 0 Å². The third-order valence-electron chi connectivity index (χ3n) is 2.10. The summed E-state index contributed by atoms with van der Waals surface area (Å²) in [5, 5.41) is 11.4. The van der Waals surface area contributed by atoms with E-state index < -0.39 is 0 Å². The second kappa shape index (κ2) is 6.11. The van der Waals surface area contributed by atoms with E-state index in [0.717, 1.165) is 0 Å². The number of hydrogen-bond donors (Lipinski definition) is 1. The van der Waals surface area contributed by atoms with Gasteiger partial charge in [-0.2, -0.15) is 5.26 Å². The molecule has 0 fully saturated rings. The molecule has 0 amide bonds. The predicted molar refractivity (Wildman–Crippen MR) is 67.0 cm³/mol. The summed E-state index contributed by atoms with van der Waals surface area (Å²) in [6, 6.07) is 2.83. The first kappa shape index (κ1) is 13.3. The van der Waals surface area contributed by atoms with Crippen LogP contribution in [0.3, 0.4) is 0 Å². The summed E-state index contributed by atoms with van der Waals surface area (Å²) < 4.78 is 18.4. The number of aliphatic imine (C=N–C) groups is 1. The molecule has 6 heteroatoms. The van der Waals surface area contributed by atoms with Crippen LogP contribution in [0.4, 0.5) is 10.1 Å². The Kier molecular flexibility index (Phi) is 4.79. The van der Waals surface area contributed by atoms with Gasteiger partial charge in [-0.05, 0) is 25.3 Å². The molecule has 0 unspecified atom stereocenters. The van der Waals surface area contributed by atoms with Crippen LogP contribution >= 0.6 is 11.8 Å². The summed E-state index contributed by atoms with van der Waals surface area (Å²) >= 11 is 1.29. The second-order valence-electron chi connectivity index (χ2n) is 3.08. The third kappa shape index (κ3) is 3.11. The van der Waals surface area contributed by atoms with Crippen molar-refractivity contribution in [3.63, 3.8) is 0 Å². The Morgan fingerprint density at radius 1 is 1.59 bits per heavy atom. The maximum atomic E-state index is 13.3. The van der Waals surface area contributed by atoms with Gasteiger partial charge in [-0.15, -0.1) is 0 Å². The summed E-state index contributed by atoms with van der Waals surface area (Å²) in [7, 11) is 1.46. The van der Waals surface area contributed by atoms with Crippen LogP contribution in [0.5, 0.6) is 5.75 Å². The molecule has 0 saturated heterocycles. The normalized spacial score (nSPS) is 10.9. The fourth-order valence-electron chi connectivity index (χ4n) is 1.28. The maximum Gasteiger partial charge on any atom is 0.183 e. The molecule has 0 bridgehead atoms. The largest absolute Gasteiger partial charge is 0.494 e. The van der Waals surface area contributed by atoms with Crippen LogP contribution < -0.4 is 10.1 Å². The molecule has 0 atom stereocenters. The molecular formula is C11H12FN3OS. The lowest BCUT2D eigenvalue weighted by Gasteiger charge is -2.09. The van der Waals surface area contributed by atoms with Gasteiger partial charge in [-0.3, -0.25) is 5.32 Å². The number of thioether (sulfide) groups is 1. The summed E-state index contributed by atoms with van der Waals surface area (Å²) in [5.41, 5.74) is 0.879. The number of nitrogens with one attached hydrogen (secondary N) is 1. The molecule has 0 aliphatic carbocycles. The monoisotopic (exact) mass is 253 g/mol. The Morgan fingerprint density at radius 2 is 2.29 bits per heavy atom. The number of ether oxygens (including phenoxy) is 1. The van der Waals surface area contributed by atoms with Gasteiger partial charge in [0.25, 0.3) is 0 Å². The Balaban J connectivity index is 3.23. The van der Waals surface area contributed by atoms with Crippen LogP contribution in [-0.4, -0.2) is 18.5 Å². The van der Waals surface area contributed by atoms with Gasteiger partial charge in [0, 0.05) is 5.56 Å². The highest BCUT2D eigenvalue weighted by molar-refractivity contribution is 8.13. The first-order valence-corrected chi connectivity index (χ1v) is 5.97. The van der Waals surface area contributed by atoms with E-state index in [-0.39, 0.29) is 5.82 Å². The fourth-order valence-corrected chi connectivity index (χ4v) is 1.62. The van der Waals surface area contributed by atoms with E-state index in [9.17, 15) is 4.39 Å². The zero-order chi connectivity index (χ0) is 12.8. The zero-order valence-electron chi connectivity index (χ0n) is 9.74. The van der Waals surface area contributed by atoms with Crippen LogP contribution in [-0.2, 0) is 0 Å². The Bertz CT molecular complexity index is 482. The molecule has 0 heterocycles. The first-order valence-electron chi connectivity index (χ1n) is 4.75. The van der Waals surface area contributed by atoms with Gasteiger partial charge in [-0.1, -0.05) is 11.8 Å². The van der Waals surface area contributed by atoms with Crippen LogP contribution in [0.25, 0.3) is 0 Å². The molecule has 0 aliphatic rings.